The molecule has 1 aliphatic rings. The van der Waals surface area contributed by atoms with E-state index in [0.29, 0.717) is 6.54 Å². The number of carbonyl (C=O) groups excluding carboxylic acids is 1. The topological polar surface area (TPSA) is 32.3 Å². The first-order valence-electron chi connectivity index (χ1n) is 6.51. The van der Waals surface area contributed by atoms with Crippen molar-refractivity contribution >= 4 is 27.5 Å². The second-order valence-electron chi connectivity index (χ2n) is 4.93. The Bertz CT molecular complexity index is 416. The van der Waals surface area contributed by atoms with Crippen LogP contribution in [0.3, 0.4) is 0 Å². The number of hydrogen-bond donors (Lipinski definition) is 1. The van der Waals surface area contributed by atoms with Gasteiger partial charge < -0.3 is 5.32 Å². The van der Waals surface area contributed by atoms with Crippen molar-refractivity contribution in [2.24, 2.45) is 5.92 Å². The molecule has 0 bridgehead atoms. The number of nitrogens with zero attached hydrogens (tertiary/aromatic N) is 1. The maximum Gasteiger partial charge on any atom is 0.238 e. The fourth-order valence-electron chi connectivity index (χ4n) is 2.24. The van der Waals surface area contributed by atoms with Crippen LogP contribution in [0.25, 0.3) is 0 Å². The summed E-state index contributed by atoms with van der Waals surface area (Å²) in [7, 11) is 0. The van der Waals surface area contributed by atoms with Crippen LogP contribution in [0.4, 0.5) is 10.1 Å². The minimum absolute atomic E-state index is 0.0129. The van der Waals surface area contributed by atoms with E-state index in [2.05, 4.69) is 26.1 Å². The number of piperidine rings is 1. The molecule has 1 heterocycles. The highest BCUT2D eigenvalue weighted by atomic mass is 79.9. The number of likely N-dealkylation sites (tertiary alicyclic amines) is 1. The molecule has 1 aromatic rings. The monoisotopic (exact) mass is 328 g/mol. The van der Waals surface area contributed by atoms with Crippen LogP contribution in [0.1, 0.15) is 12.8 Å². The van der Waals surface area contributed by atoms with Crippen molar-refractivity contribution in [3.8, 4) is 0 Å². The third-order valence-electron chi connectivity index (χ3n) is 3.42. The van der Waals surface area contributed by atoms with Gasteiger partial charge >= 0.3 is 0 Å². The van der Waals surface area contributed by atoms with Gasteiger partial charge in [0.25, 0.3) is 0 Å². The number of anilines is 1. The summed E-state index contributed by atoms with van der Waals surface area (Å²) in [6, 6.07) is 7.50. The van der Waals surface area contributed by atoms with E-state index in [1.807, 2.05) is 24.3 Å². The van der Waals surface area contributed by atoms with Gasteiger partial charge in [-0.2, -0.15) is 0 Å². The quantitative estimate of drug-likeness (QED) is 0.921. The van der Waals surface area contributed by atoms with E-state index < -0.39 is 0 Å². The van der Waals surface area contributed by atoms with Gasteiger partial charge in [0.15, 0.2) is 0 Å². The second-order valence-corrected chi connectivity index (χ2v) is 5.84. The van der Waals surface area contributed by atoms with Crippen LogP contribution in [0, 0.1) is 5.92 Å². The van der Waals surface area contributed by atoms with Gasteiger partial charge in [0.1, 0.15) is 0 Å². The molecule has 3 nitrogen and oxygen atoms in total. The van der Waals surface area contributed by atoms with Crippen molar-refractivity contribution in [3.05, 3.63) is 28.7 Å². The first kappa shape index (κ1) is 14.5. The van der Waals surface area contributed by atoms with E-state index in [0.717, 1.165) is 36.1 Å². The van der Waals surface area contributed by atoms with Crippen LogP contribution in [-0.4, -0.2) is 37.1 Å². The molecule has 0 saturated carbocycles. The van der Waals surface area contributed by atoms with Crippen LogP contribution in [0.15, 0.2) is 28.7 Å². The van der Waals surface area contributed by atoms with E-state index >= 15 is 0 Å². The molecule has 0 unspecified atom stereocenters. The van der Waals surface area contributed by atoms with Crippen molar-refractivity contribution in [2.45, 2.75) is 12.8 Å². The molecule has 1 fully saturated rings. The van der Waals surface area contributed by atoms with Crippen molar-refractivity contribution in [2.75, 3.05) is 31.6 Å². The summed E-state index contributed by atoms with van der Waals surface area (Å²) in [5.41, 5.74) is 0.798. The number of amides is 1. The van der Waals surface area contributed by atoms with Gasteiger partial charge in [-0.3, -0.25) is 14.1 Å². The number of alkyl halides is 1. The van der Waals surface area contributed by atoms with E-state index in [-0.39, 0.29) is 18.5 Å². The Labute approximate surface area is 121 Å². The van der Waals surface area contributed by atoms with Crippen molar-refractivity contribution in [1.29, 1.82) is 0 Å². The Kier molecular flexibility index (Phi) is 5.34. The van der Waals surface area contributed by atoms with Crippen LogP contribution in [0.2, 0.25) is 0 Å². The standard InChI is InChI=1S/C14H18BrFN2O/c15-12-1-3-13(4-2-12)17-14(19)10-18-7-5-11(9-16)6-8-18/h1-4,11H,5-10H2,(H,17,19). The highest BCUT2D eigenvalue weighted by Crippen LogP contribution is 2.18. The molecule has 0 aliphatic carbocycles. The smallest absolute Gasteiger partial charge is 0.238 e. The van der Waals surface area contributed by atoms with Gasteiger partial charge in [-0.25, -0.2) is 0 Å². The summed E-state index contributed by atoms with van der Waals surface area (Å²) in [5, 5.41) is 2.87. The Morgan fingerprint density at radius 3 is 2.53 bits per heavy atom. The molecular weight excluding hydrogens is 311 g/mol. The largest absolute Gasteiger partial charge is 0.325 e. The molecule has 1 saturated heterocycles. The molecule has 1 aliphatic heterocycles. The van der Waals surface area contributed by atoms with Gasteiger partial charge in [0.05, 0.1) is 13.2 Å². The first-order valence-corrected chi connectivity index (χ1v) is 7.30. The summed E-state index contributed by atoms with van der Waals surface area (Å²) in [6.45, 7) is 1.76. The molecule has 2 rings (SSSR count). The van der Waals surface area contributed by atoms with Crippen LogP contribution >= 0.6 is 15.9 Å². The predicted molar refractivity (Wildman–Crippen MR) is 77.9 cm³/mol. The van der Waals surface area contributed by atoms with Crippen LogP contribution < -0.4 is 5.32 Å². The lowest BCUT2D eigenvalue weighted by molar-refractivity contribution is -0.117. The maximum atomic E-state index is 12.5. The first-order chi connectivity index (χ1) is 9.17. The normalized spacial score (nSPS) is 17.4. The fourth-order valence-corrected chi connectivity index (χ4v) is 2.50. The van der Waals surface area contributed by atoms with Crippen molar-refractivity contribution in [1.82, 2.24) is 4.90 Å². The summed E-state index contributed by atoms with van der Waals surface area (Å²) < 4.78 is 13.5. The fraction of sp³-hybridized carbons (Fsp3) is 0.500. The highest BCUT2D eigenvalue weighted by Gasteiger charge is 2.20. The number of nitrogens with one attached hydrogen (secondary N) is 1. The third kappa shape index (κ3) is 4.58. The summed E-state index contributed by atoms with van der Waals surface area (Å²) in [6.07, 6.45) is 1.70. The average Bonchev–Trinajstić information content (AvgIpc) is 2.42. The SMILES string of the molecule is O=C(CN1CCC(CF)CC1)Nc1ccc(Br)cc1. The molecule has 1 N–H and O–H groups in total. The molecule has 19 heavy (non-hydrogen) atoms. The average molecular weight is 329 g/mol. The van der Waals surface area contributed by atoms with Crippen molar-refractivity contribution in [3.63, 3.8) is 0 Å². The molecule has 0 atom stereocenters. The van der Waals surface area contributed by atoms with E-state index in [4.69, 9.17) is 0 Å². The number of carbonyl (C=O) groups is 1. The lowest BCUT2D eigenvalue weighted by Gasteiger charge is -2.29. The molecule has 0 radical (unpaired) electrons. The predicted octanol–water partition coefficient (Wildman–Crippen LogP) is 3.07. The zero-order valence-corrected chi connectivity index (χ0v) is 12.3. The van der Waals surface area contributed by atoms with Crippen molar-refractivity contribution < 1.29 is 9.18 Å². The van der Waals surface area contributed by atoms with Gasteiger partial charge in [0, 0.05) is 10.2 Å². The van der Waals surface area contributed by atoms with E-state index in [1.165, 1.54) is 0 Å². The number of benzene rings is 1. The maximum absolute atomic E-state index is 12.5. The Balaban J connectivity index is 1.77. The minimum atomic E-state index is -0.237. The molecule has 0 spiro atoms. The molecule has 104 valence electrons. The number of hydrogen-bond acceptors (Lipinski definition) is 2. The molecule has 0 aromatic heterocycles. The van der Waals surface area contributed by atoms with Gasteiger partial charge in [-0.05, 0) is 56.1 Å². The number of rotatable bonds is 4. The zero-order chi connectivity index (χ0) is 13.7. The molecule has 1 aromatic carbocycles. The third-order valence-corrected chi connectivity index (χ3v) is 3.95. The van der Waals surface area contributed by atoms with Crippen LogP contribution in [0.5, 0.6) is 0 Å². The van der Waals surface area contributed by atoms with E-state index in [9.17, 15) is 9.18 Å². The lowest BCUT2D eigenvalue weighted by atomic mass is 9.98. The Hall–Kier alpha value is -0.940. The van der Waals surface area contributed by atoms with Crippen LogP contribution in [-0.2, 0) is 4.79 Å². The summed E-state index contributed by atoms with van der Waals surface area (Å²) in [4.78, 5) is 14.0. The Morgan fingerprint density at radius 1 is 1.32 bits per heavy atom. The minimum Gasteiger partial charge on any atom is -0.325 e. The summed E-state index contributed by atoms with van der Waals surface area (Å²) in [5.74, 6) is 0.173. The van der Waals surface area contributed by atoms with Gasteiger partial charge in [-0.15, -0.1) is 0 Å². The molecule has 5 heteroatoms. The summed E-state index contributed by atoms with van der Waals surface area (Å²) >= 11 is 3.35. The lowest BCUT2D eigenvalue weighted by Crippen LogP contribution is -2.39. The molecule has 1 amide bonds. The second kappa shape index (κ2) is 7.01. The molecular formula is C14H18BrFN2O. The van der Waals surface area contributed by atoms with E-state index in [1.54, 1.807) is 0 Å². The van der Waals surface area contributed by atoms with Gasteiger partial charge in [0.2, 0.25) is 5.91 Å². The van der Waals surface area contributed by atoms with Gasteiger partial charge in [-0.1, -0.05) is 15.9 Å². The zero-order valence-electron chi connectivity index (χ0n) is 10.7. The number of halogens is 2. The Morgan fingerprint density at radius 2 is 1.95 bits per heavy atom. The highest BCUT2D eigenvalue weighted by molar-refractivity contribution is 9.10.